The number of carbonyl (C=O) groups excluding carboxylic acids is 2. The van der Waals surface area contributed by atoms with E-state index in [1.54, 1.807) is 18.2 Å². The van der Waals surface area contributed by atoms with Gasteiger partial charge in [0.25, 0.3) is 10.7 Å². The number of nitrogens with one attached hydrogen (secondary N) is 3. The lowest BCUT2D eigenvalue weighted by molar-refractivity contribution is -0.122. The third kappa shape index (κ3) is 2.57. The van der Waals surface area contributed by atoms with Crippen LogP contribution in [0.25, 0.3) is 11.1 Å². The Labute approximate surface area is 119 Å². The van der Waals surface area contributed by atoms with E-state index in [2.05, 4.69) is 15.6 Å². The summed E-state index contributed by atoms with van der Waals surface area (Å²) < 4.78 is 5.29. The second-order valence-corrected chi connectivity index (χ2v) is 5.11. The molecule has 1 aliphatic rings. The molecule has 104 valence electrons. The maximum Gasteiger partial charge on any atom is 0.266 e. The van der Waals surface area contributed by atoms with Gasteiger partial charge in [-0.2, -0.15) is 0 Å². The first-order valence-corrected chi connectivity index (χ1v) is 6.73. The molecule has 0 spiro atoms. The molecule has 1 aliphatic heterocycles. The van der Waals surface area contributed by atoms with Gasteiger partial charge in [-0.05, 0) is 36.8 Å². The monoisotopic (exact) mass is 291 g/mol. The fourth-order valence-corrected chi connectivity index (χ4v) is 2.41. The highest BCUT2D eigenvalue weighted by Crippen LogP contribution is 2.15. The van der Waals surface area contributed by atoms with Gasteiger partial charge in [0, 0.05) is 24.6 Å². The number of amides is 2. The summed E-state index contributed by atoms with van der Waals surface area (Å²) in [6.07, 6.45) is 1.10. The summed E-state index contributed by atoms with van der Waals surface area (Å²) in [6, 6.07) is 5.08. The Hall–Kier alpha value is -2.15. The van der Waals surface area contributed by atoms with Crippen molar-refractivity contribution in [2.75, 3.05) is 6.54 Å². The molecule has 6 nitrogen and oxygen atoms in total. The van der Waals surface area contributed by atoms with Crippen molar-refractivity contribution in [3.05, 3.63) is 28.6 Å². The van der Waals surface area contributed by atoms with Gasteiger partial charge in [-0.15, -0.1) is 0 Å². The molecule has 2 aromatic rings. The molecule has 0 saturated carbocycles. The first-order valence-electron chi connectivity index (χ1n) is 6.32. The molecule has 2 amide bonds. The number of piperidine rings is 1. The van der Waals surface area contributed by atoms with Gasteiger partial charge in [0.2, 0.25) is 5.91 Å². The van der Waals surface area contributed by atoms with E-state index < -0.39 is 0 Å². The van der Waals surface area contributed by atoms with Crippen molar-refractivity contribution < 1.29 is 14.0 Å². The van der Waals surface area contributed by atoms with Gasteiger partial charge in [-0.1, -0.05) is 0 Å². The fraction of sp³-hybridized carbons (Fsp3) is 0.308. The topological polar surface area (TPSA) is 87.1 Å². The van der Waals surface area contributed by atoms with Gasteiger partial charge < -0.3 is 20.0 Å². The minimum Gasteiger partial charge on any atom is -0.429 e. The molecule has 2 heterocycles. The Kier molecular flexibility index (Phi) is 3.27. The van der Waals surface area contributed by atoms with Gasteiger partial charge in [-0.3, -0.25) is 9.59 Å². The minimum atomic E-state index is -0.185. The first-order chi connectivity index (χ1) is 9.61. The molecule has 1 saturated heterocycles. The number of fused-ring (bicyclic) bond motifs is 1. The van der Waals surface area contributed by atoms with Crippen LogP contribution in [0.1, 0.15) is 23.2 Å². The molecular formula is C13H13N3O3S. The van der Waals surface area contributed by atoms with Crippen LogP contribution < -0.4 is 10.6 Å². The normalized spacial score (nSPS) is 18.8. The molecule has 1 aromatic carbocycles. The number of hydrogen-bond acceptors (Lipinski definition) is 4. The lowest BCUT2D eigenvalue weighted by Gasteiger charge is -2.23. The number of H-pyrrole nitrogens is 1. The first kappa shape index (κ1) is 12.9. The third-order valence-corrected chi connectivity index (χ3v) is 3.47. The number of rotatable bonds is 2. The quantitative estimate of drug-likeness (QED) is 0.732. The second-order valence-electron chi connectivity index (χ2n) is 4.74. The van der Waals surface area contributed by atoms with Crippen LogP contribution in [-0.4, -0.2) is 29.4 Å². The van der Waals surface area contributed by atoms with E-state index in [4.69, 9.17) is 16.6 Å². The molecule has 3 N–H and O–H groups in total. The maximum atomic E-state index is 12.1. The Morgan fingerprint density at radius 2 is 2.30 bits per heavy atom. The fourth-order valence-electron chi connectivity index (χ4n) is 2.21. The number of carbonyl (C=O) groups is 2. The Morgan fingerprint density at radius 3 is 3.05 bits per heavy atom. The highest BCUT2D eigenvalue weighted by molar-refractivity contribution is 7.71. The Morgan fingerprint density at radius 1 is 1.45 bits per heavy atom. The van der Waals surface area contributed by atoms with E-state index in [1.807, 2.05) is 0 Å². The van der Waals surface area contributed by atoms with E-state index >= 15 is 0 Å². The van der Waals surface area contributed by atoms with Crippen LogP contribution in [-0.2, 0) is 4.79 Å². The van der Waals surface area contributed by atoms with Gasteiger partial charge in [0.15, 0.2) is 5.58 Å². The van der Waals surface area contributed by atoms with Crippen molar-refractivity contribution in [1.29, 1.82) is 0 Å². The van der Waals surface area contributed by atoms with Crippen LogP contribution >= 0.6 is 12.2 Å². The Bertz CT molecular complexity index is 724. The molecular weight excluding hydrogens is 278 g/mol. The highest BCUT2D eigenvalue weighted by Gasteiger charge is 2.20. The van der Waals surface area contributed by atoms with Gasteiger partial charge >= 0.3 is 0 Å². The van der Waals surface area contributed by atoms with Crippen molar-refractivity contribution in [3.8, 4) is 0 Å². The van der Waals surface area contributed by atoms with Crippen molar-refractivity contribution in [2.45, 2.75) is 18.9 Å². The predicted molar refractivity (Wildman–Crippen MR) is 74.9 cm³/mol. The summed E-state index contributed by atoms with van der Waals surface area (Å²) in [4.78, 5) is 26.4. The molecule has 0 radical (unpaired) electrons. The number of hydrogen-bond donors (Lipinski definition) is 3. The molecule has 0 aliphatic carbocycles. The minimum absolute atomic E-state index is 0.0287. The number of aromatic amines is 1. The third-order valence-electron chi connectivity index (χ3n) is 3.28. The average molecular weight is 291 g/mol. The van der Waals surface area contributed by atoms with Crippen LogP contribution in [0, 0.1) is 4.84 Å². The molecule has 1 aromatic heterocycles. The lowest BCUT2D eigenvalue weighted by atomic mass is 10.1. The van der Waals surface area contributed by atoms with Crippen LogP contribution in [0.3, 0.4) is 0 Å². The zero-order chi connectivity index (χ0) is 14.1. The molecule has 0 unspecified atom stereocenters. The SMILES string of the molecule is O=C1CC[C@@H](NC(=O)c2ccc3[nH]c(=S)oc3c2)CN1. The van der Waals surface area contributed by atoms with Crippen molar-refractivity contribution in [3.63, 3.8) is 0 Å². The lowest BCUT2D eigenvalue weighted by Crippen LogP contribution is -2.47. The van der Waals surface area contributed by atoms with Crippen LogP contribution in [0.15, 0.2) is 22.6 Å². The van der Waals surface area contributed by atoms with Crippen LogP contribution in [0.5, 0.6) is 0 Å². The van der Waals surface area contributed by atoms with Gasteiger partial charge in [-0.25, -0.2) is 0 Å². The summed E-state index contributed by atoms with van der Waals surface area (Å²) in [5.41, 5.74) is 1.82. The number of aromatic nitrogens is 1. The number of oxazole rings is 1. The summed E-state index contributed by atoms with van der Waals surface area (Å²) in [5, 5.41) is 5.63. The summed E-state index contributed by atoms with van der Waals surface area (Å²) in [6.45, 7) is 0.470. The molecule has 20 heavy (non-hydrogen) atoms. The maximum absolute atomic E-state index is 12.1. The predicted octanol–water partition coefficient (Wildman–Crippen LogP) is 1.50. The van der Waals surface area contributed by atoms with E-state index in [9.17, 15) is 9.59 Å². The van der Waals surface area contributed by atoms with Crippen molar-refractivity contribution in [2.24, 2.45) is 0 Å². The van der Waals surface area contributed by atoms with Gasteiger partial charge in [0.05, 0.1) is 5.52 Å². The van der Waals surface area contributed by atoms with E-state index in [0.29, 0.717) is 30.5 Å². The summed E-state index contributed by atoms with van der Waals surface area (Å²) >= 11 is 4.90. The highest BCUT2D eigenvalue weighted by atomic mass is 32.1. The molecule has 7 heteroatoms. The molecule has 3 rings (SSSR count). The van der Waals surface area contributed by atoms with Crippen molar-refractivity contribution >= 4 is 35.1 Å². The summed E-state index contributed by atoms with van der Waals surface area (Å²) in [5.74, 6) is -0.156. The van der Waals surface area contributed by atoms with Crippen LogP contribution in [0.2, 0.25) is 0 Å². The smallest absolute Gasteiger partial charge is 0.266 e. The zero-order valence-corrected chi connectivity index (χ0v) is 11.4. The van der Waals surface area contributed by atoms with E-state index in [0.717, 1.165) is 5.52 Å². The van der Waals surface area contributed by atoms with Crippen LogP contribution in [0.4, 0.5) is 0 Å². The average Bonchev–Trinajstić information content (AvgIpc) is 2.80. The van der Waals surface area contributed by atoms with Gasteiger partial charge in [0.1, 0.15) is 0 Å². The molecule has 1 atom stereocenters. The van der Waals surface area contributed by atoms with E-state index in [-0.39, 0.29) is 22.7 Å². The number of benzene rings is 1. The molecule has 1 fully saturated rings. The largest absolute Gasteiger partial charge is 0.429 e. The van der Waals surface area contributed by atoms with Crippen molar-refractivity contribution in [1.82, 2.24) is 15.6 Å². The molecule has 0 bridgehead atoms. The second kappa shape index (κ2) is 5.09. The summed E-state index contributed by atoms with van der Waals surface area (Å²) in [7, 11) is 0. The standard InChI is InChI=1S/C13H13N3O3S/c17-11-4-2-8(6-14-11)15-12(18)7-1-3-9-10(5-7)19-13(20)16-9/h1,3,5,8H,2,4,6H2,(H,14,17)(H,15,18)(H,16,20)/t8-/m1/s1. The van der Waals surface area contributed by atoms with E-state index in [1.165, 1.54) is 0 Å². The zero-order valence-electron chi connectivity index (χ0n) is 10.6. The Balaban J connectivity index is 1.74.